The molecule has 19 heavy (non-hydrogen) atoms. The average molecular weight is 280 g/mol. The van der Waals surface area contributed by atoms with Crippen LogP contribution >= 0.6 is 11.8 Å². The van der Waals surface area contributed by atoms with Crippen molar-refractivity contribution in [1.82, 2.24) is 10.2 Å². The van der Waals surface area contributed by atoms with Crippen molar-refractivity contribution in [3.63, 3.8) is 0 Å². The fourth-order valence-corrected chi connectivity index (χ4v) is 3.10. The van der Waals surface area contributed by atoms with Crippen LogP contribution in [0.25, 0.3) is 0 Å². The Hall–Kier alpha value is -0.550. The van der Waals surface area contributed by atoms with Gasteiger partial charge in [0.1, 0.15) is 0 Å². The van der Waals surface area contributed by atoms with Gasteiger partial charge in [-0.2, -0.15) is 0 Å². The first-order valence-electron chi connectivity index (χ1n) is 6.94. The zero-order chi connectivity index (χ0) is 13.5. The number of benzene rings is 1. The molecule has 0 aromatic heterocycles. The molecule has 0 amide bonds. The lowest BCUT2D eigenvalue weighted by atomic mass is 10.2. The smallest absolute Gasteiger partial charge is 0.0826 e. The molecule has 1 fully saturated rings. The van der Waals surface area contributed by atoms with E-state index in [-0.39, 0.29) is 0 Å². The fraction of sp³-hybridized carbons (Fsp3) is 0.600. The predicted molar refractivity (Wildman–Crippen MR) is 82.0 cm³/mol. The van der Waals surface area contributed by atoms with E-state index in [1.807, 2.05) is 11.8 Å². The first-order chi connectivity index (χ1) is 9.24. The third-order valence-electron chi connectivity index (χ3n) is 3.28. The molecule has 0 radical (unpaired) electrons. The lowest BCUT2D eigenvalue weighted by molar-refractivity contribution is 0.0110. The minimum atomic E-state index is 0.350. The number of hydrogen-bond donors (Lipinski definition) is 1. The van der Waals surface area contributed by atoms with Gasteiger partial charge in [0, 0.05) is 36.8 Å². The molecule has 1 aliphatic heterocycles. The second kappa shape index (κ2) is 7.90. The van der Waals surface area contributed by atoms with E-state index >= 15 is 0 Å². The van der Waals surface area contributed by atoms with Crippen LogP contribution in [0, 0.1) is 6.92 Å². The van der Waals surface area contributed by atoms with E-state index < -0.39 is 0 Å². The zero-order valence-corrected chi connectivity index (χ0v) is 12.7. The summed E-state index contributed by atoms with van der Waals surface area (Å²) < 4.78 is 5.72. The van der Waals surface area contributed by atoms with Crippen LogP contribution in [0.2, 0.25) is 0 Å². The van der Waals surface area contributed by atoms with E-state index in [1.54, 1.807) is 0 Å². The highest BCUT2D eigenvalue weighted by Gasteiger charge is 2.14. The molecular weight excluding hydrogens is 256 g/mol. The number of morpholine rings is 1. The minimum Gasteiger partial charge on any atom is -0.374 e. The predicted octanol–water partition coefficient (Wildman–Crippen LogP) is 2.01. The maximum atomic E-state index is 5.72. The lowest BCUT2D eigenvalue weighted by Gasteiger charge is -2.27. The van der Waals surface area contributed by atoms with Crippen molar-refractivity contribution >= 4 is 11.8 Å². The standard InChI is InChI=1S/C15H24N2OS/c1-13-3-5-15(6-4-13)19-10-8-17(2)12-14-11-16-7-9-18-14/h3-6,14,16H,7-12H2,1-2H3. The van der Waals surface area contributed by atoms with E-state index in [0.717, 1.165) is 38.5 Å². The monoisotopic (exact) mass is 280 g/mol. The molecule has 1 heterocycles. The third-order valence-corrected chi connectivity index (χ3v) is 4.27. The van der Waals surface area contributed by atoms with Crippen LogP contribution in [0.1, 0.15) is 5.56 Å². The van der Waals surface area contributed by atoms with Gasteiger partial charge in [0.05, 0.1) is 12.7 Å². The first-order valence-corrected chi connectivity index (χ1v) is 7.93. The molecule has 0 spiro atoms. The maximum Gasteiger partial charge on any atom is 0.0826 e. The van der Waals surface area contributed by atoms with Crippen LogP contribution in [-0.2, 0) is 4.74 Å². The average Bonchev–Trinajstić information content (AvgIpc) is 2.42. The molecule has 0 bridgehead atoms. The van der Waals surface area contributed by atoms with Crippen LogP contribution in [0.4, 0.5) is 0 Å². The van der Waals surface area contributed by atoms with E-state index in [2.05, 4.69) is 48.5 Å². The van der Waals surface area contributed by atoms with Crippen molar-refractivity contribution in [3.05, 3.63) is 29.8 Å². The first kappa shape index (κ1) is 14.9. The minimum absolute atomic E-state index is 0.350. The molecule has 1 unspecified atom stereocenters. The Bertz CT molecular complexity index is 363. The molecule has 1 aromatic rings. The number of rotatable bonds is 6. The Morgan fingerprint density at radius 2 is 2.16 bits per heavy atom. The van der Waals surface area contributed by atoms with Crippen LogP contribution < -0.4 is 5.32 Å². The van der Waals surface area contributed by atoms with Crippen molar-refractivity contribution < 1.29 is 4.74 Å². The van der Waals surface area contributed by atoms with Crippen LogP contribution in [0.5, 0.6) is 0 Å². The van der Waals surface area contributed by atoms with Crippen molar-refractivity contribution in [2.45, 2.75) is 17.9 Å². The summed E-state index contributed by atoms with van der Waals surface area (Å²) in [6, 6.07) is 8.75. The zero-order valence-electron chi connectivity index (χ0n) is 11.9. The second-order valence-corrected chi connectivity index (χ2v) is 6.29. The van der Waals surface area contributed by atoms with Crippen molar-refractivity contribution in [2.75, 3.05) is 45.6 Å². The number of thioether (sulfide) groups is 1. The largest absolute Gasteiger partial charge is 0.374 e. The summed E-state index contributed by atoms with van der Waals surface area (Å²) in [4.78, 5) is 3.72. The Labute approximate surface area is 120 Å². The van der Waals surface area contributed by atoms with Gasteiger partial charge in [0.15, 0.2) is 0 Å². The van der Waals surface area contributed by atoms with Crippen molar-refractivity contribution in [3.8, 4) is 0 Å². The number of ether oxygens (including phenoxy) is 1. The molecule has 0 saturated carbocycles. The summed E-state index contributed by atoms with van der Waals surface area (Å²) in [5.74, 6) is 1.12. The number of aryl methyl sites for hydroxylation is 1. The molecule has 2 rings (SSSR count). The van der Waals surface area contributed by atoms with Gasteiger partial charge in [-0.05, 0) is 26.1 Å². The lowest BCUT2D eigenvalue weighted by Crippen LogP contribution is -2.44. The van der Waals surface area contributed by atoms with Crippen LogP contribution in [0.15, 0.2) is 29.2 Å². The maximum absolute atomic E-state index is 5.72. The van der Waals surface area contributed by atoms with Crippen LogP contribution in [0.3, 0.4) is 0 Å². The molecule has 1 aromatic carbocycles. The van der Waals surface area contributed by atoms with Gasteiger partial charge in [-0.15, -0.1) is 11.8 Å². The van der Waals surface area contributed by atoms with Gasteiger partial charge in [-0.3, -0.25) is 0 Å². The quantitative estimate of drug-likeness (QED) is 0.806. The number of nitrogens with one attached hydrogen (secondary N) is 1. The molecule has 0 aliphatic carbocycles. The molecule has 1 atom stereocenters. The highest BCUT2D eigenvalue weighted by molar-refractivity contribution is 7.99. The Morgan fingerprint density at radius 3 is 2.84 bits per heavy atom. The fourth-order valence-electron chi connectivity index (χ4n) is 2.13. The van der Waals surface area contributed by atoms with Crippen molar-refractivity contribution in [1.29, 1.82) is 0 Å². The molecular formula is C15H24N2OS. The molecule has 106 valence electrons. The van der Waals surface area contributed by atoms with Gasteiger partial charge in [0.25, 0.3) is 0 Å². The Morgan fingerprint density at radius 1 is 1.37 bits per heavy atom. The number of likely N-dealkylation sites (N-methyl/N-ethyl adjacent to an activating group) is 1. The van der Waals surface area contributed by atoms with Gasteiger partial charge in [-0.1, -0.05) is 17.7 Å². The highest BCUT2D eigenvalue weighted by Crippen LogP contribution is 2.18. The summed E-state index contributed by atoms with van der Waals surface area (Å²) in [7, 11) is 2.17. The Balaban J connectivity index is 1.63. The van der Waals surface area contributed by atoms with E-state index in [4.69, 9.17) is 4.74 Å². The molecule has 1 aliphatic rings. The van der Waals surface area contributed by atoms with Gasteiger partial charge in [-0.25, -0.2) is 0 Å². The number of nitrogens with zero attached hydrogens (tertiary/aromatic N) is 1. The van der Waals surface area contributed by atoms with Crippen LogP contribution in [-0.4, -0.2) is 56.6 Å². The summed E-state index contributed by atoms with van der Waals surface area (Å²) in [5.41, 5.74) is 1.32. The summed E-state index contributed by atoms with van der Waals surface area (Å²) in [5, 5.41) is 3.37. The molecule has 4 heteroatoms. The normalized spacial score (nSPS) is 19.8. The van der Waals surface area contributed by atoms with Crippen molar-refractivity contribution in [2.24, 2.45) is 0 Å². The SMILES string of the molecule is Cc1ccc(SCCN(C)CC2CNCCO2)cc1. The summed E-state index contributed by atoms with van der Waals surface area (Å²) >= 11 is 1.92. The molecule has 3 nitrogen and oxygen atoms in total. The molecule has 1 N–H and O–H groups in total. The second-order valence-electron chi connectivity index (χ2n) is 5.12. The topological polar surface area (TPSA) is 24.5 Å². The van der Waals surface area contributed by atoms with E-state index in [1.165, 1.54) is 10.5 Å². The van der Waals surface area contributed by atoms with E-state index in [0.29, 0.717) is 6.10 Å². The van der Waals surface area contributed by atoms with E-state index in [9.17, 15) is 0 Å². The summed E-state index contributed by atoms with van der Waals surface area (Å²) in [6.45, 7) is 7.05. The van der Waals surface area contributed by atoms with Gasteiger partial charge < -0.3 is 15.0 Å². The Kier molecular flexibility index (Phi) is 6.17. The molecule has 1 saturated heterocycles. The van der Waals surface area contributed by atoms with Gasteiger partial charge >= 0.3 is 0 Å². The summed E-state index contributed by atoms with van der Waals surface area (Å²) in [6.07, 6.45) is 0.350. The third kappa shape index (κ3) is 5.53. The number of hydrogen-bond acceptors (Lipinski definition) is 4. The highest BCUT2D eigenvalue weighted by atomic mass is 32.2. The van der Waals surface area contributed by atoms with Gasteiger partial charge in [0.2, 0.25) is 0 Å².